The molecule has 16 heavy (non-hydrogen) atoms. The van der Waals surface area contributed by atoms with Crippen molar-refractivity contribution in [3.8, 4) is 5.75 Å². The predicted molar refractivity (Wildman–Crippen MR) is 60.9 cm³/mol. The van der Waals surface area contributed by atoms with Crippen LogP contribution in [0.4, 0.5) is 4.39 Å². The zero-order valence-corrected chi connectivity index (χ0v) is 8.31. The minimum absolute atomic E-state index is 0.163. The predicted octanol–water partition coefficient (Wildman–Crippen LogP) is 3.23. The van der Waals surface area contributed by atoms with Crippen LogP contribution >= 0.6 is 0 Å². The number of hydrogen-bond donors (Lipinski definition) is 1. The molecule has 0 unspecified atom stereocenters. The van der Waals surface area contributed by atoms with E-state index < -0.39 is 0 Å². The van der Waals surface area contributed by atoms with Gasteiger partial charge in [-0.25, -0.2) is 4.39 Å². The molecule has 1 aromatic heterocycles. The number of rotatable bonds is 0. The van der Waals surface area contributed by atoms with E-state index in [1.165, 1.54) is 12.1 Å². The molecular weight excluding hydrogens is 205 g/mol. The summed E-state index contributed by atoms with van der Waals surface area (Å²) in [5.74, 6) is -0.108. The summed E-state index contributed by atoms with van der Waals surface area (Å²) in [6, 6.07) is 9.49. The SMILES string of the molecule is Oc1ccc2c(c1)ncc1ccc(F)cc12. The maximum absolute atomic E-state index is 13.2. The molecule has 0 aliphatic carbocycles. The minimum atomic E-state index is -0.270. The molecule has 3 rings (SSSR count). The largest absolute Gasteiger partial charge is 0.508 e. The maximum Gasteiger partial charge on any atom is 0.123 e. The topological polar surface area (TPSA) is 33.1 Å². The Hall–Kier alpha value is -2.16. The third kappa shape index (κ3) is 1.29. The summed E-state index contributed by atoms with van der Waals surface area (Å²) in [4.78, 5) is 4.22. The summed E-state index contributed by atoms with van der Waals surface area (Å²) in [5, 5.41) is 11.9. The van der Waals surface area contributed by atoms with Crippen LogP contribution in [0.25, 0.3) is 21.7 Å². The average molecular weight is 213 g/mol. The summed E-state index contributed by atoms with van der Waals surface area (Å²) in [6.07, 6.45) is 1.68. The van der Waals surface area contributed by atoms with E-state index in [9.17, 15) is 9.50 Å². The van der Waals surface area contributed by atoms with Gasteiger partial charge in [-0.1, -0.05) is 0 Å². The fourth-order valence-corrected chi connectivity index (χ4v) is 1.87. The molecule has 1 N–H and O–H groups in total. The van der Waals surface area contributed by atoms with Crippen molar-refractivity contribution >= 4 is 21.7 Å². The van der Waals surface area contributed by atoms with Crippen LogP contribution in [-0.2, 0) is 0 Å². The van der Waals surface area contributed by atoms with Crippen LogP contribution in [0.3, 0.4) is 0 Å². The smallest absolute Gasteiger partial charge is 0.123 e. The van der Waals surface area contributed by atoms with E-state index in [0.29, 0.717) is 5.52 Å². The summed E-state index contributed by atoms with van der Waals surface area (Å²) >= 11 is 0. The monoisotopic (exact) mass is 213 g/mol. The highest BCUT2D eigenvalue weighted by Crippen LogP contribution is 2.26. The van der Waals surface area contributed by atoms with Crippen molar-refractivity contribution in [2.24, 2.45) is 0 Å². The van der Waals surface area contributed by atoms with Crippen LogP contribution < -0.4 is 0 Å². The van der Waals surface area contributed by atoms with Crippen molar-refractivity contribution in [1.82, 2.24) is 4.98 Å². The Labute approximate surface area is 91.0 Å². The maximum atomic E-state index is 13.2. The number of phenolic OH excluding ortho intramolecular Hbond substituents is 1. The molecule has 0 atom stereocenters. The van der Waals surface area contributed by atoms with Gasteiger partial charge in [-0.2, -0.15) is 0 Å². The highest BCUT2D eigenvalue weighted by atomic mass is 19.1. The summed E-state index contributed by atoms with van der Waals surface area (Å²) in [7, 11) is 0. The number of hydrogen-bond acceptors (Lipinski definition) is 2. The second kappa shape index (κ2) is 3.17. The van der Waals surface area contributed by atoms with E-state index in [1.54, 1.807) is 30.5 Å². The van der Waals surface area contributed by atoms with Crippen molar-refractivity contribution in [1.29, 1.82) is 0 Å². The lowest BCUT2D eigenvalue weighted by molar-refractivity contribution is 0.476. The summed E-state index contributed by atoms with van der Waals surface area (Å²) in [5.41, 5.74) is 0.665. The Kier molecular flexibility index (Phi) is 1.80. The van der Waals surface area contributed by atoms with Gasteiger partial charge >= 0.3 is 0 Å². The van der Waals surface area contributed by atoms with Crippen LogP contribution in [0.5, 0.6) is 5.75 Å². The lowest BCUT2D eigenvalue weighted by Gasteiger charge is -2.03. The van der Waals surface area contributed by atoms with Crippen molar-refractivity contribution in [3.63, 3.8) is 0 Å². The standard InChI is InChI=1S/C13H8FNO/c14-9-2-1-8-7-15-13-6-10(16)3-4-11(13)12(8)5-9/h1-7,16H. The van der Waals surface area contributed by atoms with Crippen LogP contribution in [0.2, 0.25) is 0 Å². The second-order valence-corrected chi connectivity index (χ2v) is 3.69. The van der Waals surface area contributed by atoms with Gasteiger partial charge in [-0.3, -0.25) is 4.98 Å². The molecule has 78 valence electrons. The average Bonchev–Trinajstić information content (AvgIpc) is 2.28. The number of halogens is 1. The lowest BCUT2D eigenvalue weighted by atomic mass is 10.1. The van der Waals surface area contributed by atoms with Gasteiger partial charge in [0, 0.05) is 23.0 Å². The van der Waals surface area contributed by atoms with E-state index in [1.807, 2.05) is 0 Å². The van der Waals surface area contributed by atoms with Crippen molar-refractivity contribution in [2.75, 3.05) is 0 Å². The number of aromatic nitrogens is 1. The molecule has 0 bridgehead atoms. The van der Waals surface area contributed by atoms with Crippen LogP contribution in [0.1, 0.15) is 0 Å². The molecule has 2 aromatic carbocycles. The van der Waals surface area contributed by atoms with Crippen LogP contribution in [0.15, 0.2) is 42.6 Å². The fourth-order valence-electron chi connectivity index (χ4n) is 1.87. The Bertz CT molecular complexity index is 694. The van der Waals surface area contributed by atoms with E-state index in [4.69, 9.17) is 0 Å². The third-order valence-electron chi connectivity index (χ3n) is 2.63. The van der Waals surface area contributed by atoms with E-state index in [2.05, 4.69) is 4.98 Å². The molecule has 0 aliphatic rings. The van der Waals surface area contributed by atoms with Gasteiger partial charge in [0.2, 0.25) is 0 Å². The molecule has 0 amide bonds. The molecule has 3 aromatic rings. The van der Waals surface area contributed by atoms with Gasteiger partial charge in [-0.15, -0.1) is 0 Å². The van der Waals surface area contributed by atoms with Crippen LogP contribution in [-0.4, -0.2) is 10.1 Å². The molecule has 2 nitrogen and oxygen atoms in total. The van der Waals surface area contributed by atoms with E-state index in [-0.39, 0.29) is 11.6 Å². The zero-order chi connectivity index (χ0) is 11.1. The van der Waals surface area contributed by atoms with Gasteiger partial charge in [0.15, 0.2) is 0 Å². The Morgan fingerprint density at radius 1 is 1.00 bits per heavy atom. The van der Waals surface area contributed by atoms with E-state index in [0.717, 1.165) is 16.2 Å². The Morgan fingerprint density at radius 2 is 1.88 bits per heavy atom. The highest BCUT2D eigenvalue weighted by molar-refractivity contribution is 6.05. The second-order valence-electron chi connectivity index (χ2n) is 3.69. The Balaban J connectivity index is 2.52. The summed E-state index contributed by atoms with van der Waals surface area (Å²) in [6.45, 7) is 0. The minimum Gasteiger partial charge on any atom is -0.508 e. The van der Waals surface area contributed by atoms with Gasteiger partial charge in [0.25, 0.3) is 0 Å². The highest BCUT2D eigenvalue weighted by Gasteiger charge is 2.03. The first-order valence-electron chi connectivity index (χ1n) is 4.91. The first-order chi connectivity index (χ1) is 7.74. The number of nitrogens with zero attached hydrogens (tertiary/aromatic N) is 1. The molecular formula is C13H8FNO. The van der Waals surface area contributed by atoms with E-state index >= 15 is 0 Å². The first kappa shape index (κ1) is 9.09. The van der Waals surface area contributed by atoms with Gasteiger partial charge in [-0.05, 0) is 35.7 Å². The number of benzene rings is 2. The number of aromatic hydroxyl groups is 1. The molecule has 0 radical (unpaired) electrons. The van der Waals surface area contributed by atoms with Gasteiger partial charge in [0.05, 0.1) is 5.52 Å². The molecule has 0 aliphatic heterocycles. The Morgan fingerprint density at radius 3 is 2.75 bits per heavy atom. The van der Waals surface area contributed by atoms with Crippen molar-refractivity contribution < 1.29 is 9.50 Å². The quantitative estimate of drug-likeness (QED) is 0.581. The fraction of sp³-hybridized carbons (Fsp3) is 0. The van der Waals surface area contributed by atoms with Crippen molar-refractivity contribution in [2.45, 2.75) is 0 Å². The molecule has 0 saturated heterocycles. The molecule has 0 fully saturated rings. The summed E-state index contributed by atoms with van der Waals surface area (Å²) < 4.78 is 13.2. The lowest BCUT2D eigenvalue weighted by Crippen LogP contribution is -1.83. The molecule has 1 heterocycles. The first-order valence-corrected chi connectivity index (χ1v) is 4.91. The number of phenols is 1. The normalized spacial score (nSPS) is 11.1. The molecule has 3 heteroatoms. The molecule has 0 spiro atoms. The number of fused-ring (bicyclic) bond motifs is 3. The van der Waals surface area contributed by atoms with Crippen molar-refractivity contribution in [3.05, 3.63) is 48.4 Å². The number of pyridine rings is 1. The third-order valence-corrected chi connectivity index (χ3v) is 2.63. The van der Waals surface area contributed by atoms with Gasteiger partial charge in [0.1, 0.15) is 11.6 Å². The zero-order valence-electron chi connectivity index (χ0n) is 8.31. The van der Waals surface area contributed by atoms with Crippen LogP contribution in [0, 0.1) is 5.82 Å². The van der Waals surface area contributed by atoms with Gasteiger partial charge < -0.3 is 5.11 Å². The molecule has 0 saturated carbocycles.